The Hall–Kier alpha value is -5.14. The highest BCUT2D eigenvalue weighted by atomic mass is 16.4. The molecule has 0 spiro atoms. The van der Waals surface area contributed by atoms with Gasteiger partial charge in [-0.15, -0.1) is 0 Å². The number of carbonyl (C=O) groups is 4. The van der Waals surface area contributed by atoms with Gasteiger partial charge < -0.3 is 5.11 Å². The van der Waals surface area contributed by atoms with Crippen molar-refractivity contribution in [3.05, 3.63) is 137 Å². The van der Waals surface area contributed by atoms with Crippen molar-refractivity contribution in [3.63, 3.8) is 0 Å². The van der Waals surface area contributed by atoms with Crippen LogP contribution in [0.3, 0.4) is 0 Å². The van der Waals surface area contributed by atoms with E-state index in [1.54, 1.807) is 24.3 Å². The molecule has 2 amide bonds. The van der Waals surface area contributed by atoms with Gasteiger partial charge in [0, 0.05) is 18.0 Å². The van der Waals surface area contributed by atoms with Crippen LogP contribution < -0.4 is 10.2 Å². The van der Waals surface area contributed by atoms with E-state index in [1.165, 1.54) is 6.92 Å². The van der Waals surface area contributed by atoms with Crippen molar-refractivity contribution in [1.82, 2.24) is 5.32 Å². The van der Waals surface area contributed by atoms with Crippen molar-refractivity contribution in [3.8, 4) is 0 Å². The molecular weight excluding hydrogens is 540 g/mol. The Balaban J connectivity index is 1.39. The van der Waals surface area contributed by atoms with Gasteiger partial charge in [0.15, 0.2) is 5.78 Å². The summed E-state index contributed by atoms with van der Waals surface area (Å²) >= 11 is 0. The Kier molecular flexibility index (Phi) is 7.34. The molecule has 6 rings (SSSR count). The van der Waals surface area contributed by atoms with Crippen LogP contribution in [0.2, 0.25) is 0 Å². The van der Waals surface area contributed by atoms with Gasteiger partial charge >= 0.3 is 5.97 Å². The van der Waals surface area contributed by atoms with Gasteiger partial charge in [-0.3, -0.25) is 24.5 Å². The average molecular weight is 571 g/mol. The summed E-state index contributed by atoms with van der Waals surface area (Å²) in [7, 11) is 0. The van der Waals surface area contributed by atoms with Gasteiger partial charge in [0.1, 0.15) is 5.54 Å². The van der Waals surface area contributed by atoms with Crippen LogP contribution in [0.5, 0.6) is 0 Å². The number of rotatable bonds is 8. The minimum Gasteiger partial charge on any atom is -0.480 e. The van der Waals surface area contributed by atoms with E-state index in [0.29, 0.717) is 11.3 Å². The zero-order valence-electron chi connectivity index (χ0n) is 23.5. The number of aliphatic carboxylic acids is 1. The van der Waals surface area contributed by atoms with Gasteiger partial charge in [0.05, 0.1) is 17.5 Å². The highest BCUT2D eigenvalue weighted by Gasteiger charge is 2.68. The Bertz CT molecular complexity index is 1720. The molecule has 4 aromatic carbocycles. The number of hydrogen-bond acceptors (Lipinski definition) is 5. The van der Waals surface area contributed by atoms with Gasteiger partial charge in [-0.2, -0.15) is 0 Å². The van der Waals surface area contributed by atoms with E-state index in [2.05, 4.69) is 5.32 Å². The maximum Gasteiger partial charge on any atom is 0.325 e. The maximum absolute atomic E-state index is 14.1. The van der Waals surface area contributed by atoms with Crippen molar-refractivity contribution >= 4 is 41.4 Å². The van der Waals surface area contributed by atoms with Gasteiger partial charge in [0.2, 0.25) is 11.8 Å². The average Bonchev–Trinajstić information content (AvgIpc) is 3.50. The minimum absolute atomic E-state index is 0.0227. The van der Waals surface area contributed by atoms with Gasteiger partial charge in [-0.25, -0.2) is 4.90 Å². The summed E-state index contributed by atoms with van der Waals surface area (Å²) in [5, 5.41) is 14.0. The largest absolute Gasteiger partial charge is 0.480 e. The molecule has 0 aliphatic carbocycles. The van der Waals surface area contributed by atoms with E-state index in [-0.39, 0.29) is 12.2 Å². The first-order chi connectivity index (χ1) is 20.8. The first-order valence-corrected chi connectivity index (χ1v) is 14.2. The predicted octanol–water partition coefficient (Wildman–Crippen LogP) is 5.58. The van der Waals surface area contributed by atoms with Crippen LogP contribution >= 0.6 is 0 Å². The van der Waals surface area contributed by atoms with E-state index in [0.717, 1.165) is 27.2 Å². The number of ketones is 1. The lowest BCUT2D eigenvalue weighted by Gasteiger charge is -2.31. The molecule has 4 atom stereocenters. The molecule has 0 aromatic heterocycles. The fourth-order valence-electron chi connectivity index (χ4n) is 6.31. The Morgan fingerprint density at radius 1 is 0.791 bits per heavy atom. The molecule has 0 radical (unpaired) electrons. The lowest BCUT2D eigenvalue weighted by molar-refractivity contribution is -0.148. The highest BCUT2D eigenvalue weighted by Crippen LogP contribution is 2.51. The van der Waals surface area contributed by atoms with E-state index in [9.17, 15) is 24.3 Å². The lowest BCUT2D eigenvalue weighted by Crippen LogP contribution is -2.57. The predicted molar refractivity (Wildman–Crippen MR) is 164 cm³/mol. The van der Waals surface area contributed by atoms with Crippen LogP contribution in [0.1, 0.15) is 45.6 Å². The summed E-state index contributed by atoms with van der Waals surface area (Å²) in [6.07, 6.45) is 4.01. The SMILES string of the molecule is CC(=O)c1ccc(N2C(=O)C3C(c4ccc(C=Cc5ccccc5)cc4)NC(Cc4ccccc4)(C(=O)O)C3C2=O)cc1. The van der Waals surface area contributed by atoms with Crippen LogP contribution in [0.25, 0.3) is 12.2 Å². The molecule has 0 saturated carbocycles. The number of nitrogens with zero attached hydrogens (tertiary/aromatic N) is 1. The fraction of sp³-hybridized carbons (Fsp3) is 0.167. The molecule has 4 unspecified atom stereocenters. The number of imide groups is 1. The van der Waals surface area contributed by atoms with Crippen LogP contribution in [0.15, 0.2) is 109 Å². The van der Waals surface area contributed by atoms with Crippen LogP contribution in [0, 0.1) is 11.8 Å². The van der Waals surface area contributed by atoms with Gasteiger partial charge in [-0.1, -0.05) is 97.1 Å². The third-order valence-electron chi connectivity index (χ3n) is 8.46. The number of anilines is 1. The normalized spacial score (nSPS) is 23.1. The van der Waals surface area contributed by atoms with Crippen molar-refractivity contribution in [2.24, 2.45) is 11.8 Å². The Labute approximate surface area is 249 Å². The van der Waals surface area contributed by atoms with Gasteiger partial charge in [-0.05, 0) is 53.4 Å². The van der Waals surface area contributed by atoms with Crippen LogP contribution in [0.4, 0.5) is 5.69 Å². The molecule has 214 valence electrons. The summed E-state index contributed by atoms with van der Waals surface area (Å²) in [4.78, 5) is 54.2. The standard InChI is InChI=1S/C36H30N2O5/c1-23(39)27-18-20-29(21-19-27)38-33(40)30-31(34(38)41)36(35(42)43,22-26-10-6-3-7-11-26)37-32(30)28-16-14-25(15-17-28)13-12-24-8-4-2-5-9-24/h2-21,30-32,37H,22H2,1H3,(H,42,43). The number of fused-ring (bicyclic) bond motifs is 1. The van der Waals surface area contributed by atoms with Crippen molar-refractivity contribution in [1.29, 1.82) is 0 Å². The minimum atomic E-state index is -1.72. The van der Waals surface area contributed by atoms with E-state index in [4.69, 9.17) is 0 Å². The number of carbonyl (C=O) groups excluding carboxylic acids is 3. The van der Waals surface area contributed by atoms with Crippen molar-refractivity contribution in [2.45, 2.75) is 24.9 Å². The summed E-state index contributed by atoms with van der Waals surface area (Å²) in [6.45, 7) is 1.44. The maximum atomic E-state index is 14.1. The van der Waals surface area contributed by atoms with E-state index >= 15 is 0 Å². The Morgan fingerprint density at radius 2 is 1.37 bits per heavy atom. The zero-order chi connectivity index (χ0) is 30.1. The molecule has 0 bridgehead atoms. The van der Waals surface area contributed by atoms with Crippen LogP contribution in [-0.2, 0) is 20.8 Å². The second-order valence-corrected chi connectivity index (χ2v) is 11.1. The zero-order valence-corrected chi connectivity index (χ0v) is 23.5. The van der Waals surface area contributed by atoms with Crippen molar-refractivity contribution in [2.75, 3.05) is 4.90 Å². The number of carboxylic acid groups (broad SMARTS) is 1. The second kappa shape index (κ2) is 11.3. The monoisotopic (exact) mass is 570 g/mol. The smallest absolute Gasteiger partial charge is 0.325 e. The number of benzene rings is 4. The van der Waals surface area contributed by atoms with E-state index in [1.807, 2.05) is 97.1 Å². The summed E-state index contributed by atoms with van der Waals surface area (Å²) < 4.78 is 0. The molecule has 2 fully saturated rings. The molecule has 2 N–H and O–H groups in total. The molecule has 2 aliphatic rings. The first kappa shape index (κ1) is 28.0. The molecular formula is C36H30N2O5. The number of carboxylic acids is 1. The molecule has 4 aromatic rings. The molecule has 2 aliphatic heterocycles. The topological polar surface area (TPSA) is 104 Å². The highest BCUT2D eigenvalue weighted by molar-refractivity contribution is 6.24. The third kappa shape index (κ3) is 5.08. The number of hydrogen-bond donors (Lipinski definition) is 2. The first-order valence-electron chi connectivity index (χ1n) is 14.2. The quantitative estimate of drug-likeness (QED) is 0.163. The second-order valence-electron chi connectivity index (χ2n) is 11.1. The summed E-state index contributed by atoms with van der Waals surface area (Å²) in [6, 6.07) is 32.2. The van der Waals surface area contributed by atoms with Crippen LogP contribution in [-0.4, -0.2) is 34.2 Å². The molecule has 2 saturated heterocycles. The molecule has 7 heteroatoms. The summed E-state index contributed by atoms with van der Waals surface area (Å²) in [5.74, 6) is -4.44. The summed E-state index contributed by atoms with van der Waals surface area (Å²) in [5.41, 5.74) is 2.51. The number of nitrogens with one attached hydrogen (secondary N) is 1. The Morgan fingerprint density at radius 3 is 1.95 bits per heavy atom. The molecule has 7 nitrogen and oxygen atoms in total. The van der Waals surface area contributed by atoms with Gasteiger partial charge in [0.25, 0.3) is 0 Å². The number of Topliss-reactive ketones (excluding diaryl/α,β-unsaturated/α-hetero) is 1. The third-order valence-corrected chi connectivity index (χ3v) is 8.46. The molecule has 43 heavy (non-hydrogen) atoms. The lowest BCUT2D eigenvalue weighted by atomic mass is 9.76. The van der Waals surface area contributed by atoms with Crippen molar-refractivity contribution < 1.29 is 24.3 Å². The number of amides is 2. The van der Waals surface area contributed by atoms with E-state index < -0.39 is 41.2 Å². The fourth-order valence-corrected chi connectivity index (χ4v) is 6.31. The molecule has 2 heterocycles.